The van der Waals surface area contributed by atoms with Gasteiger partial charge >= 0.3 is 5.97 Å². The van der Waals surface area contributed by atoms with Crippen molar-refractivity contribution in [2.45, 2.75) is 45.1 Å². The molecular formula is C21H27N3O5. The van der Waals surface area contributed by atoms with Crippen molar-refractivity contribution in [3.8, 4) is 0 Å². The molecule has 1 atom stereocenters. The molecule has 0 radical (unpaired) electrons. The molecule has 156 valence electrons. The number of nitrogens with zero attached hydrogens (tertiary/aromatic N) is 2. The molecule has 8 heteroatoms. The van der Waals surface area contributed by atoms with Crippen LogP contribution in [0.25, 0.3) is 0 Å². The van der Waals surface area contributed by atoms with Crippen molar-refractivity contribution in [2.24, 2.45) is 0 Å². The number of carbonyl (C=O) groups excluding carboxylic acids is 4. The third-order valence-corrected chi connectivity index (χ3v) is 5.27. The lowest BCUT2D eigenvalue weighted by Gasteiger charge is -2.36. The van der Waals surface area contributed by atoms with E-state index in [0.717, 1.165) is 32.4 Å². The monoisotopic (exact) mass is 401 g/mol. The number of hydrogen-bond donors (Lipinski definition) is 1. The van der Waals surface area contributed by atoms with Crippen LogP contribution in [0.15, 0.2) is 24.3 Å². The van der Waals surface area contributed by atoms with Crippen LogP contribution in [0.5, 0.6) is 0 Å². The molecule has 1 N–H and O–H groups in total. The fourth-order valence-corrected chi connectivity index (χ4v) is 3.72. The minimum Gasteiger partial charge on any atom is -0.462 e. The summed E-state index contributed by atoms with van der Waals surface area (Å²) in [7, 11) is 0. The van der Waals surface area contributed by atoms with Gasteiger partial charge in [0.1, 0.15) is 6.04 Å². The number of esters is 1. The van der Waals surface area contributed by atoms with E-state index < -0.39 is 23.8 Å². The zero-order chi connectivity index (χ0) is 20.8. The molecule has 0 aliphatic carbocycles. The van der Waals surface area contributed by atoms with E-state index in [-0.39, 0.29) is 43.2 Å². The van der Waals surface area contributed by atoms with Crippen molar-refractivity contribution < 1.29 is 23.9 Å². The summed E-state index contributed by atoms with van der Waals surface area (Å²) >= 11 is 0. The maximum atomic E-state index is 12.9. The quantitative estimate of drug-likeness (QED) is 0.574. The van der Waals surface area contributed by atoms with Gasteiger partial charge in [-0.2, -0.15) is 0 Å². The Balaban J connectivity index is 1.69. The third kappa shape index (κ3) is 5.00. The summed E-state index contributed by atoms with van der Waals surface area (Å²) in [4.78, 5) is 53.4. The van der Waals surface area contributed by atoms with E-state index in [1.807, 2.05) is 0 Å². The average molecular weight is 401 g/mol. The molecule has 2 heterocycles. The summed E-state index contributed by atoms with van der Waals surface area (Å²) in [6.07, 6.45) is 3.73. The van der Waals surface area contributed by atoms with Crippen molar-refractivity contribution in [3.05, 3.63) is 35.4 Å². The van der Waals surface area contributed by atoms with E-state index in [2.05, 4.69) is 10.2 Å². The molecule has 1 aromatic rings. The Morgan fingerprint density at radius 2 is 1.79 bits per heavy atom. The largest absolute Gasteiger partial charge is 0.462 e. The van der Waals surface area contributed by atoms with Gasteiger partial charge in [0.05, 0.1) is 24.4 Å². The lowest BCUT2D eigenvalue weighted by atomic mass is 10.0. The standard InChI is InChI=1S/C21H27N3O5/c1-2-29-21(28)16-9-5-4-8-15(16)19(26)22-17-10-11-18(25)24(20(17)27)14-23-12-6-3-7-13-23/h4-5,8-9,17H,2-3,6-7,10-14H2,1H3,(H,22,26). The van der Waals surface area contributed by atoms with Crippen LogP contribution in [-0.4, -0.2) is 65.9 Å². The van der Waals surface area contributed by atoms with Gasteiger partial charge in [-0.25, -0.2) is 4.79 Å². The van der Waals surface area contributed by atoms with Gasteiger partial charge in [-0.15, -0.1) is 0 Å². The lowest BCUT2D eigenvalue weighted by Crippen LogP contribution is -2.57. The Kier molecular flexibility index (Phi) is 6.98. The molecule has 2 saturated heterocycles. The predicted octanol–water partition coefficient (Wildman–Crippen LogP) is 1.55. The molecule has 1 unspecified atom stereocenters. The van der Waals surface area contributed by atoms with Gasteiger partial charge in [-0.1, -0.05) is 18.6 Å². The van der Waals surface area contributed by atoms with Crippen molar-refractivity contribution in [1.29, 1.82) is 0 Å². The molecule has 3 amide bonds. The fraction of sp³-hybridized carbons (Fsp3) is 0.524. The Morgan fingerprint density at radius 1 is 1.10 bits per heavy atom. The third-order valence-electron chi connectivity index (χ3n) is 5.27. The van der Waals surface area contributed by atoms with Gasteiger partial charge < -0.3 is 10.1 Å². The van der Waals surface area contributed by atoms with E-state index in [9.17, 15) is 19.2 Å². The van der Waals surface area contributed by atoms with Crippen molar-refractivity contribution in [2.75, 3.05) is 26.4 Å². The van der Waals surface area contributed by atoms with E-state index in [1.165, 1.54) is 17.0 Å². The number of carbonyl (C=O) groups is 4. The topological polar surface area (TPSA) is 96.0 Å². The summed E-state index contributed by atoms with van der Waals surface area (Å²) in [5.41, 5.74) is 0.301. The second-order valence-corrected chi connectivity index (χ2v) is 7.31. The number of benzene rings is 1. The fourth-order valence-electron chi connectivity index (χ4n) is 3.72. The first-order chi connectivity index (χ1) is 14.0. The molecule has 8 nitrogen and oxygen atoms in total. The smallest absolute Gasteiger partial charge is 0.338 e. The van der Waals surface area contributed by atoms with Gasteiger partial charge in [0.2, 0.25) is 5.91 Å². The lowest BCUT2D eigenvalue weighted by molar-refractivity contribution is -0.152. The van der Waals surface area contributed by atoms with Crippen LogP contribution >= 0.6 is 0 Å². The summed E-state index contributed by atoms with van der Waals surface area (Å²) < 4.78 is 5.00. The number of rotatable bonds is 6. The van der Waals surface area contributed by atoms with E-state index in [0.29, 0.717) is 0 Å². The highest BCUT2D eigenvalue weighted by Crippen LogP contribution is 2.18. The van der Waals surface area contributed by atoms with Crippen LogP contribution in [0.3, 0.4) is 0 Å². The predicted molar refractivity (Wildman–Crippen MR) is 105 cm³/mol. The van der Waals surface area contributed by atoms with E-state index in [4.69, 9.17) is 4.74 Å². The zero-order valence-corrected chi connectivity index (χ0v) is 16.7. The second-order valence-electron chi connectivity index (χ2n) is 7.31. The first-order valence-electron chi connectivity index (χ1n) is 10.1. The van der Waals surface area contributed by atoms with Crippen LogP contribution in [0.1, 0.15) is 59.7 Å². The van der Waals surface area contributed by atoms with Crippen molar-refractivity contribution in [3.63, 3.8) is 0 Å². The van der Waals surface area contributed by atoms with Crippen molar-refractivity contribution >= 4 is 23.7 Å². The van der Waals surface area contributed by atoms with Gasteiger partial charge in [0.15, 0.2) is 0 Å². The molecule has 1 aromatic carbocycles. The summed E-state index contributed by atoms with van der Waals surface area (Å²) in [6, 6.07) is 5.54. The molecule has 0 saturated carbocycles. The summed E-state index contributed by atoms with van der Waals surface area (Å²) in [6.45, 7) is 3.88. The number of nitrogens with one attached hydrogen (secondary N) is 1. The Bertz CT molecular complexity index is 788. The van der Waals surface area contributed by atoms with E-state index in [1.54, 1.807) is 19.1 Å². The Hall–Kier alpha value is -2.74. The van der Waals surface area contributed by atoms with Crippen LogP contribution in [0, 0.1) is 0 Å². The highest BCUT2D eigenvalue weighted by molar-refractivity contribution is 6.08. The molecule has 3 rings (SSSR count). The van der Waals surface area contributed by atoms with Crippen molar-refractivity contribution in [1.82, 2.24) is 15.1 Å². The number of imide groups is 1. The molecule has 0 spiro atoms. The minimum absolute atomic E-state index is 0.149. The number of hydrogen-bond acceptors (Lipinski definition) is 6. The second kappa shape index (κ2) is 9.65. The highest BCUT2D eigenvalue weighted by Gasteiger charge is 2.36. The number of likely N-dealkylation sites (tertiary alicyclic amines) is 2. The van der Waals surface area contributed by atoms with Crippen LogP contribution in [0.4, 0.5) is 0 Å². The Labute approximate surface area is 170 Å². The molecule has 2 aliphatic heterocycles. The first kappa shape index (κ1) is 21.0. The maximum Gasteiger partial charge on any atom is 0.338 e. The van der Waals surface area contributed by atoms with Gasteiger partial charge in [0.25, 0.3) is 11.8 Å². The zero-order valence-electron chi connectivity index (χ0n) is 16.7. The Morgan fingerprint density at radius 3 is 2.48 bits per heavy atom. The van der Waals surface area contributed by atoms with Gasteiger partial charge in [-0.05, 0) is 51.4 Å². The van der Waals surface area contributed by atoms with Gasteiger partial charge in [-0.3, -0.25) is 24.2 Å². The highest BCUT2D eigenvalue weighted by atomic mass is 16.5. The number of amides is 3. The molecule has 2 aliphatic rings. The average Bonchev–Trinajstić information content (AvgIpc) is 2.74. The van der Waals surface area contributed by atoms with Crippen LogP contribution in [0.2, 0.25) is 0 Å². The number of piperidine rings is 2. The first-order valence-corrected chi connectivity index (χ1v) is 10.1. The SMILES string of the molecule is CCOC(=O)c1ccccc1C(=O)NC1CCC(=O)N(CN2CCCCC2)C1=O. The van der Waals surface area contributed by atoms with Crippen LogP contribution in [-0.2, 0) is 14.3 Å². The summed E-state index contributed by atoms with van der Waals surface area (Å²) in [5, 5.41) is 2.70. The minimum atomic E-state index is -0.791. The maximum absolute atomic E-state index is 12.9. The van der Waals surface area contributed by atoms with Gasteiger partial charge in [0, 0.05) is 6.42 Å². The molecule has 0 bridgehead atoms. The molecule has 2 fully saturated rings. The molecule has 29 heavy (non-hydrogen) atoms. The summed E-state index contributed by atoms with van der Waals surface area (Å²) in [5.74, 6) is -1.72. The van der Waals surface area contributed by atoms with E-state index >= 15 is 0 Å². The molecular weight excluding hydrogens is 374 g/mol. The normalized spacial score (nSPS) is 20.4. The number of ether oxygens (including phenoxy) is 1. The molecule has 0 aromatic heterocycles. The van der Waals surface area contributed by atoms with Crippen LogP contribution < -0.4 is 5.32 Å².